The molecule has 0 aliphatic carbocycles. The van der Waals surface area contributed by atoms with Gasteiger partial charge in [0, 0.05) is 31.3 Å². The van der Waals surface area contributed by atoms with Gasteiger partial charge in [0.05, 0.1) is 18.5 Å². The summed E-state index contributed by atoms with van der Waals surface area (Å²) in [5, 5.41) is 7.80. The van der Waals surface area contributed by atoms with Crippen molar-refractivity contribution in [3.05, 3.63) is 48.2 Å². The van der Waals surface area contributed by atoms with Crippen LogP contribution in [-0.2, 0) is 4.74 Å². The molecule has 0 atom stereocenters. The minimum Gasteiger partial charge on any atom is -0.449 e. The number of primary amides is 1. The number of hydrogen-bond acceptors (Lipinski definition) is 6. The Morgan fingerprint density at radius 2 is 1.93 bits per heavy atom. The van der Waals surface area contributed by atoms with E-state index in [-0.39, 0.29) is 6.09 Å². The van der Waals surface area contributed by atoms with Crippen LogP contribution < -0.4 is 11.1 Å². The van der Waals surface area contributed by atoms with Crippen LogP contribution in [0.4, 0.5) is 10.6 Å². The van der Waals surface area contributed by atoms with Gasteiger partial charge in [-0.1, -0.05) is 26.0 Å². The fourth-order valence-electron chi connectivity index (χ4n) is 2.76. The maximum Gasteiger partial charge on any atom is 0.409 e. The minimum atomic E-state index is -0.470. The molecule has 0 fully saturated rings. The van der Waals surface area contributed by atoms with Crippen molar-refractivity contribution < 1.29 is 14.3 Å². The number of nitrogens with two attached hydrogens (primary N) is 1. The number of benzene rings is 1. The van der Waals surface area contributed by atoms with Crippen molar-refractivity contribution in [2.45, 2.75) is 13.8 Å². The predicted molar refractivity (Wildman–Crippen MR) is 114 cm³/mol. The van der Waals surface area contributed by atoms with E-state index in [0.717, 1.165) is 11.3 Å². The van der Waals surface area contributed by atoms with Crippen molar-refractivity contribution in [2.75, 3.05) is 32.1 Å². The zero-order chi connectivity index (χ0) is 21.7. The third-order valence-electron chi connectivity index (χ3n) is 4.43. The van der Waals surface area contributed by atoms with Gasteiger partial charge >= 0.3 is 6.09 Å². The molecule has 1 aromatic carbocycles. The fraction of sp³-hybridized carbons (Fsp3) is 0.333. The van der Waals surface area contributed by atoms with Crippen LogP contribution in [0.15, 0.2) is 42.6 Å². The first-order valence-electron chi connectivity index (χ1n) is 9.72. The molecule has 2 heterocycles. The van der Waals surface area contributed by atoms with Crippen LogP contribution >= 0.6 is 0 Å². The van der Waals surface area contributed by atoms with Crippen LogP contribution in [0.2, 0.25) is 0 Å². The number of carbonyl (C=O) groups is 2. The first kappa shape index (κ1) is 21.1. The van der Waals surface area contributed by atoms with Crippen molar-refractivity contribution in [1.82, 2.24) is 19.5 Å². The molecule has 3 N–H and O–H groups in total. The Hall–Kier alpha value is -3.62. The number of nitrogens with zero attached hydrogens (tertiary/aromatic N) is 4. The number of likely N-dealkylation sites (N-methyl/N-ethyl adjacent to an activating group) is 1. The van der Waals surface area contributed by atoms with Crippen LogP contribution in [0.5, 0.6) is 0 Å². The minimum absolute atomic E-state index is 0.299. The molecular weight excluding hydrogens is 384 g/mol. The van der Waals surface area contributed by atoms with Crippen molar-refractivity contribution in [3.63, 3.8) is 0 Å². The molecule has 0 unspecified atom stereocenters. The standard InChI is InChI=1S/C21H26N6O3/c1-14(2)13-30-21(29)26(3)11-10-23-18-8-9-19-24-12-17(27(19)25-18)15-4-6-16(7-5-15)20(22)28/h4-9,12,14H,10-11,13H2,1-3H3,(H2,22,28)(H,23,25). The largest absolute Gasteiger partial charge is 0.449 e. The highest BCUT2D eigenvalue weighted by Gasteiger charge is 2.12. The van der Waals surface area contributed by atoms with Crippen LogP contribution in [0.1, 0.15) is 24.2 Å². The van der Waals surface area contributed by atoms with Gasteiger partial charge < -0.3 is 20.7 Å². The molecule has 2 amide bonds. The molecule has 30 heavy (non-hydrogen) atoms. The van der Waals surface area contributed by atoms with Crippen LogP contribution in [0.3, 0.4) is 0 Å². The second-order valence-corrected chi connectivity index (χ2v) is 7.39. The van der Waals surface area contributed by atoms with Gasteiger partial charge in [-0.05, 0) is 30.2 Å². The molecule has 0 aliphatic heterocycles. The lowest BCUT2D eigenvalue weighted by molar-refractivity contribution is 0.0997. The topological polar surface area (TPSA) is 115 Å². The summed E-state index contributed by atoms with van der Waals surface area (Å²) >= 11 is 0. The average molecular weight is 410 g/mol. The van der Waals surface area contributed by atoms with Gasteiger partial charge in [-0.25, -0.2) is 14.3 Å². The van der Waals surface area contributed by atoms with E-state index in [9.17, 15) is 9.59 Å². The predicted octanol–water partition coefficient (Wildman–Crippen LogP) is 2.63. The van der Waals surface area contributed by atoms with Crippen molar-refractivity contribution in [2.24, 2.45) is 11.7 Å². The molecule has 0 saturated carbocycles. The number of carbonyl (C=O) groups excluding carboxylic acids is 2. The van der Waals surface area contributed by atoms with E-state index >= 15 is 0 Å². The van der Waals surface area contributed by atoms with E-state index in [1.54, 1.807) is 29.9 Å². The summed E-state index contributed by atoms with van der Waals surface area (Å²) < 4.78 is 6.93. The number of aromatic nitrogens is 3. The lowest BCUT2D eigenvalue weighted by Gasteiger charge is -2.18. The van der Waals surface area contributed by atoms with E-state index in [4.69, 9.17) is 10.5 Å². The maximum atomic E-state index is 11.9. The molecule has 158 valence electrons. The van der Waals surface area contributed by atoms with E-state index in [0.29, 0.717) is 42.6 Å². The number of ether oxygens (including phenoxy) is 1. The molecule has 0 aliphatic rings. The zero-order valence-corrected chi connectivity index (χ0v) is 17.3. The molecule has 3 rings (SSSR count). The Kier molecular flexibility index (Phi) is 6.51. The van der Waals surface area contributed by atoms with Gasteiger partial charge in [0.1, 0.15) is 5.82 Å². The maximum absolute atomic E-state index is 11.9. The lowest BCUT2D eigenvalue weighted by Crippen LogP contribution is -2.32. The third kappa shape index (κ3) is 5.05. The summed E-state index contributed by atoms with van der Waals surface area (Å²) in [6.07, 6.45) is 1.38. The Labute approximate surface area is 174 Å². The SMILES string of the molecule is CC(C)COC(=O)N(C)CCNc1ccc2ncc(-c3ccc(C(N)=O)cc3)n2n1. The molecule has 0 radical (unpaired) electrons. The van der Waals surface area contributed by atoms with Crippen molar-refractivity contribution in [1.29, 1.82) is 0 Å². The molecule has 2 aromatic heterocycles. The van der Waals surface area contributed by atoms with E-state index < -0.39 is 5.91 Å². The summed E-state index contributed by atoms with van der Waals surface area (Å²) in [6.45, 7) is 5.38. The fourth-order valence-corrected chi connectivity index (χ4v) is 2.76. The highest BCUT2D eigenvalue weighted by Crippen LogP contribution is 2.21. The monoisotopic (exact) mass is 410 g/mol. The lowest BCUT2D eigenvalue weighted by atomic mass is 10.1. The summed E-state index contributed by atoms with van der Waals surface area (Å²) in [4.78, 5) is 29.1. The van der Waals surface area contributed by atoms with E-state index in [1.807, 2.05) is 38.1 Å². The molecule has 0 bridgehead atoms. The smallest absolute Gasteiger partial charge is 0.409 e. The van der Waals surface area contributed by atoms with Gasteiger partial charge in [-0.2, -0.15) is 0 Å². The van der Waals surface area contributed by atoms with Crippen LogP contribution in [0.25, 0.3) is 16.9 Å². The second-order valence-electron chi connectivity index (χ2n) is 7.39. The highest BCUT2D eigenvalue weighted by atomic mass is 16.6. The Bertz CT molecular complexity index is 1030. The first-order valence-corrected chi connectivity index (χ1v) is 9.72. The Balaban J connectivity index is 1.66. The number of anilines is 1. The average Bonchev–Trinajstić information content (AvgIpc) is 3.15. The summed E-state index contributed by atoms with van der Waals surface area (Å²) in [7, 11) is 1.70. The van der Waals surface area contributed by atoms with Gasteiger partial charge in [0.15, 0.2) is 5.65 Å². The summed E-state index contributed by atoms with van der Waals surface area (Å²) in [6, 6.07) is 10.7. The molecule has 9 heteroatoms. The van der Waals surface area contributed by atoms with Crippen LogP contribution in [0, 0.1) is 5.92 Å². The zero-order valence-electron chi connectivity index (χ0n) is 17.3. The van der Waals surface area contributed by atoms with E-state index in [1.165, 1.54) is 4.90 Å². The Morgan fingerprint density at radius 3 is 2.60 bits per heavy atom. The summed E-state index contributed by atoms with van der Waals surface area (Å²) in [5.41, 5.74) is 8.10. The quantitative estimate of drug-likeness (QED) is 0.590. The first-order chi connectivity index (χ1) is 14.3. The second kappa shape index (κ2) is 9.25. The number of rotatable bonds is 8. The molecule has 0 saturated heterocycles. The van der Waals surface area contributed by atoms with Crippen molar-refractivity contribution in [3.8, 4) is 11.3 Å². The number of imidazole rings is 1. The van der Waals surface area contributed by atoms with Crippen molar-refractivity contribution >= 4 is 23.5 Å². The molecule has 0 spiro atoms. The number of nitrogens with one attached hydrogen (secondary N) is 1. The summed E-state index contributed by atoms with van der Waals surface area (Å²) in [5.74, 6) is 0.481. The van der Waals surface area contributed by atoms with Gasteiger partial charge in [0.25, 0.3) is 0 Å². The molecule has 9 nitrogen and oxygen atoms in total. The number of fused-ring (bicyclic) bond motifs is 1. The molecule has 3 aromatic rings. The molecular formula is C21H26N6O3. The number of amides is 2. The van der Waals surface area contributed by atoms with Crippen LogP contribution in [-0.4, -0.2) is 58.2 Å². The van der Waals surface area contributed by atoms with Gasteiger partial charge in [0.2, 0.25) is 5.91 Å². The normalized spacial score (nSPS) is 10.9. The number of hydrogen-bond donors (Lipinski definition) is 2. The third-order valence-corrected chi connectivity index (χ3v) is 4.43. The van der Waals surface area contributed by atoms with E-state index in [2.05, 4.69) is 15.4 Å². The van der Waals surface area contributed by atoms with Gasteiger partial charge in [-0.15, -0.1) is 5.10 Å². The Morgan fingerprint density at radius 1 is 1.20 bits per heavy atom. The highest BCUT2D eigenvalue weighted by molar-refractivity contribution is 5.93. The van der Waals surface area contributed by atoms with Gasteiger partial charge in [-0.3, -0.25) is 4.79 Å².